The average molecular weight is 645 g/mol. The zero-order valence-corrected chi connectivity index (χ0v) is 25.9. The van der Waals surface area contributed by atoms with E-state index in [9.17, 15) is 20.0 Å². The van der Waals surface area contributed by atoms with Crippen molar-refractivity contribution in [3.8, 4) is 5.75 Å². The van der Waals surface area contributed by atoms with E-state index in [4.69, 9.17) is 15.0 Å². The van der Waals surface area contributed by atoms with E-state index in [-0.39, 0.29) is 48.3 Å². The Labute approximate surface area is 268 Å². The summed E-state index contributed by atoms with van der Waals surface area (Å²) in [4.78, 5) is 41.9. The summed E-state index contributed by atoms with van der Waals surface area (Å²) in [7, 11) is 0. The topological polar surface area (TPSA) is 290 Å². The third kappa shape index (κ3) is 9.08. The van der Waals surface area contributed by atoms with E-state index >= 15 is 0 Å². The van der Waals surface area contributed by atoms with E-state index in [0.717, 1.165) is 69.2 Å². The van der Waals surface area contributed by atoms with Crippen LogP contribution in [0.2, 0.25) is 0 Å². The van der Waals surface area contributed by atoms with Crippen molar-refractivity contribution in [3.63, 3.8) is 0 Å². The van der Waals surface area contributed by atoms with Gasteiger partial charge in [0.25, 0.3) is 5.91 Å². The molecule has 2 saturated heterocycles. The van der Waals surface area contributed by atoms with Crippen LogP contribution in [0.4, 0.5) is 34.9 Å². The number of phenolic OH excluding ortho intramolecular Hbond substituents is 1. The summed E-state index contributed by atoms with van der Waals surface area (Å²) < 4.78 is 0. The average Bonchev–Trinajstić information content (AvgIpc) is 2.95. The van der Waals surface area contributed by atoms with Gasteiger partial charge >= 0.3 is 5.69 Å². The van der Waals surface area contributed by atoms with Gasteiger partial charge in [-0.2, -0.15) is 15.0 Å². The van der Waals surface area contributed by atoms with Gasteiger partial charge in [-0.3, -0.25) is 14.9 Å². The highest BCUT2D eigenvalue weighted by Gasteiger charge is 2.22. The fourth-order valence-electron chi connectivity index (χ4n) is 4.94. The first-order valence-electron chi connectivity index (χ1n) is 13.3. The lowest BCUT2D eigenvalue weighted by Crippen LogP contribution is -2.34. The molecule has 1 aromatic heterocycles. The number of hydrogen-bond acceptors (Lipinski definition) is 14. The van der Waals surface area contributed by atoms with Crippen LogP contribution in [0, 0.1) is 17.0 Å². The van der Waals surface area contributed by atoms with Gasteiger partial charge in [-0.15, -0.1) is 12.4 Å². The molecular formula is C27H53ClN12O4. The van der Waals surface area contributed by atoms with Gasteiger partial charge in [0.1, 0.15) is 0 Å². The third-order valence-corrected chi connectivity index (χ3v) is 7.08. The summed E-state index contributed by atoms with van der Waals surface area (Å²) in [6.45, 7) is 5.54. The Morgan fingerprint density at radius 1 is 0.886 bits per heavy atom. The Hall–Kier alpha value is -4.35. The molecule has 15 N–H and O–H groups in total. The molecule has 3 heterocycles. The van der Waals surface area contributed by atoms with E-state index in [1.54, 1.807) is 12.1 Å². The normalized spacial score (nSPS) is 13.8. The van der Waals surface area contributed by atoms with Crippen molar-refractivity contribution in [2.75, 3.05) is 46.6 Å². The van der Waals surface area contributed by atoms with Gasteiger partial charge in [-0.1, -0.05) is 6.07 Å². The minimum absolute atomic E-state index is 0. The molecule has 0 saturated carbocycles. The summed E-state index contributed by atoms with van der Waals surface area (Å²) in [5.74, 6) is 0.522. The summed E-state index contributed by atoms with van der Waals surface area (Å²) in [5.41, 5.74) is 1.30. The fourth-order valence-corrected chi connectivity index (χ4v) is 4.94. The number of aromatic nitrogens is 3. The molecule has 5 rings (SSSR count). The van der Waals surface area contributed by atoms with Crippen LogP contribution < -0.4 is 45.0 Å². The van der Waals surface area contributed by atoms with Gasteiger partial charge in [0.05, 0.1) is 10.5 Å². The van der Waals surface area contributed by atoms with E-state index in [1.807, 2.05) is 13.0 Å². The SMILES string of the molecule is Cc1cc(Nc2nc(N3CCCCC3)nc(N3CCCCC3)n2)ccc1NC(=O)c1cccc([N+](=O)[O-])c1O.Cl.N.N.N.N.[HH].[HH].[HH].[HH]. The Kier molecular flexibility index (Phi) is 15.9. The van der Waals surface area contributed by atoms with Gasteiger partial charge in [-0.05, 0) is 75.3 Å². The Bertz CT molecular complexity index is 1370. The number of hydrogen-bond donors (Lipinski definition) is 7. The number of anilines is 5. The van der Waals surface area contributed by atoms with Crippen molar-refractivity contribution in [2.24, 2.45) is 0 Å². The van der Waals surface area contributed by atoms with Crippen LogP contribution in [-0.4, -0.2) is 57.1 Å². The highest BCUT2D eigenvalue weighted by molar-refractivity contribution is 6.07. The maximum absolute atomic E-state index is 12.8. The van der Waals surface area contributed by atoms with Crippen LogP contribution in [0.1, 0.15) is 60.2 Å². The van der Waals surface area contributed by atoms with E-state index in [0.29, 0.717) is 23.5 Å². The monoisotopic (exact) mass is 644 g/mol. The largest absolute Gasteiger partial charge is 0.502 e. The van der Waals surface area contributed by atoms with Crippen molar-refractivity contribution in [1.29, 1.82) is 0 Å². The molecule has 0 bridgehead atoms. The fraction of sp³-hybridized carbons (Fsp3) is 0.407. The summed E-state index contributed by atoms with van der Waals surface area (Å²) in [6, 6.07) is 9.21. The number of para-hydroxylation sites is 1. The van der Waals surface area contributed by atoms with E-state index in [2.05, 4.69) is 20.4 Å². The maximum atomic E-state index is 12.8. The minimum Gasteiger partial charge on any atom is -0.502 e. The molecule has 0 unspecified atom stereocenters. The number of carbonyl (C=O) groups excluding carboxylic acids is 1. The number of nitrogens with one attached hydrogen (secondary N) is 2. The summed E-state index contributed by atoms with van der Waals surface area (Å²) in [6.07, 6.45) is 6.91. The van der Waals surface area contributed by atoms with Crippen molar-refractivity contribution in [2.45, 2.75) is 45.4 Å². The first-order valence-corrected chi connectivity index (χ1v) is 13.3. The van der Waals surface area contributed by atoms with Crippen molar-refractivity contribution in [1.82, 2.24) is 39.6 Å². The zero-order chi connectivity index (χ0) is 27.4. The van der Waals surface area contributed by atoms with Crippen LogP contribution in [0.15, 0.2) is 36.4 Å². The van der Waals surface area contributed by atoms with Gasteiger partial charge in [-0.25, -0.2) is 0 Å². The second-order valence-corrected chi connectivity index (χ2v) is 9.89. The Balaban J connectivity index is -0.000000685. The number of carbonyl (C=O) groups is 1. The first kappa shape index (κ1) is 39.6. The second kappa shape index (κ2) is 17.7. The predicted molar refractivity (Wildman–Crippen MR) is 185 cm³/mol. The molecule has 3 aromatic rings. The number of benzene rings is 2. The number of nitro groups is 1. The number of amides is 1. The molecule has 0 atom stereocenters. The maximum Gasteiger partial charge on any atom is 0.311 e. The molecule has 1 amide bonds. The highest BCUT2D eigenvalue weighted by Crippen LogP contribution is 2.31. The van der Waals surface area contributed by atoms with Crippen molar-refractivity contribution >= 4 is 53.2 Å². The van der Waals surface area contributed by atoms with Gasteiger partial charge in [0, 0.05) is 49.3 Å². The second-order valence-electron chi connectivity index (χ2n) is 9.89. The molecule has 2 aromatic carbocycles. The minimum atomic E-state index is -0.730. The van der Waals surface area contributed by atoms with E-state index in [1.165, 1.54) is 25.0 Å². The number of aromatic hydroxyl groups is 1. The summed E-state index contributed by atoms with van der Waals surface area (Å²) >= 11 is 0. The van der Waals surface area contributed by atoms with E-state index < -0.39 is 22.3 Å². The molecule has 2 aliphatic rings. The number of nitro benzene ring substituents is 1. The molecule has 2 aliphatic heterocycles. The molecule has 2 fully saturated rings. The van der Waals surface area contributed by atoms with Gasteiger partial charge < -0.3 is 50.1 Å². The summed E-state index contributed by atoms with van der Waals surface area (Å²) in [5, 5.41) is 27.3. The molecule has 0 radical (unpaired) electrons. The lowest BCUT2D eigenvalue weighted by molar-refractivity contribution is -0.385. The highest BCUT2D eigenvalue weighted by atomic mass is 35.5. The lowest BCUT2D eigenvalue weighted by Gasteiger charge is -2.30. The molecule has 16 nitrogen and oxygen atoms in total. The van der Waals surface area contributed by atoms with Crippen LogP contribution in [0.25, 0.3) is 0 Å². The van der Waals surface area contributed by atoms with Crippen molar-refractivity contribution < 1.29 is 20.5 Å². The van der Waals surface area contributed by atoms with Gasteiger partial charge in [0.15, 0.2) is 0 Å². The Morgan fingerprint density at radius 3 is 1.93 bits per heavy atom. The zero-order valence-electron chi connectivity index (χ0n) is 25.1. The molecular weight excluding hydrogens is 592 g/mol. The third-order valence-electron chi connectivity index (χ3n) is 7.08. The Morgan fingerprint density at radius 2 is 1.43 bits per heavy atom. The number of aryl methyl sites for hydroxylation is 1. The van der Waals surface area contributed by atoms with Gasteiger partial charge in [0.2, 0.25) is 23.6 Å². The number of piperidine rings is 2. The smallest absolute Gasteiger partial charge is 0.311 e. The van der Waals surface area contributed by atoms with Crippen LogP contribution in [0.3, 0.4) is 0 Å². The number of nitrogens with zero attached hydrogens (tertiary/aromatic N) is 6. The van der Waals surface area contributed by atoms with Crippen LogP contribution >= 0.6 is 12.4 Å². The molecule has 44 heavy (non-hydrogen) atoms. The molecule has 252 valence electrons. The molecule has 0 aliphatic carbocycles. The first-order chi connectivity index (χ1) is 18.9. The quantitative estimate of drug-likeness (QED) is 0.102. The van der Waals surface area contributed by atoms with Crippen LogP contribution in [0.5, 0.6) is 5.75 Å². The number of rotatable bonds is 7. The molecule has 17 heteroatoms. The van der Waals surface area contributed by atoms with Crippen LogP contribution in [-0.2, 0) is 0 Å². The number of phenols is 1. The van der Waals surface area contributed by atoms with Crippen molar-refractivity contribution in [3.05, 3.63) is 57.6 Å². The number of halogens is 1. The standard InChI is InChI=1S/C27H32N8O4.ClH.4H3N.4H2/c1-18-17-19(11-12-21(18)29-24(37)20-9-8-10-22(23(20)36)35(38)39)28-25-30-26(33-13-4-2-5-14-33)32-27(31-25)34-15-6-3-7-16-34;;;;;;;;;/h8-12,17,36H,2-7,13-16H2,1H3,(H,29,37)(H,28,30,31,32);1H;4*1H3;4*1H. The molecule has 0 spiro atoms. The predicted octanol–water partition coefficient (Wildman–Crippen LogP) is 6.82. The lowest BCUT2D eigenvalue weighted by atomic mass is 10.1.